The number of piperidine rings is 1. The summed E-state index contributed by atoms with van der Waals surface area (Å²) < 4.78 is 32.2. The Labute approximate surface area is 174 Å². The molecular weight excluding hydrogens is 410 g/mol. The van der Waals surface area contributed by atoms with Crippen molar-refractivity contribution in [2.24, 2.45) is 5.92 Å². The maximum Gasteiger partial charge on any atom is 0.273 e. The van der Waals surface area contributed by atoms with Crippen LogP contribution in [0.3, 0.4) is 0 Å². The zero-order valence-corrected chi connectivity index (χ0v) is 17.5. The van der Waals surface area contributed by atoms with Gasteiger partial charge in [-0.1, -0.05) is 6.92 Å². The van der Waals surface area contributed by atoms with Gasteiger partial charge in [0.2, 0.25) is 10.0 Å². The molecule has 2 aromatic rings. The van der Waals surface area contributed by atoms with Gasteiger partial charge in [0.1, 0.15) is 5.75 Å². The second kappa shape index (κ2) is 8.80. The molecule has 1 amide bonds. The summed E-state index contributed by atoms with van der Waals surface area (Å²) in [5, 5.41) is 13.5. The first kappa shape index (κ1) is 21.7. The Morgan fingerprint density at radius 1 is 1.17 bits per heavy atom. The summed E-state index contributed by atoms with van der Waals surface area (Å²) >= 11 is 0. The number of hydrogen-bond acceptors (Lipinski definition) is 6. The highest BCUT2D eigenvalue weighted by Gasteiger charge is 2.28. The predicted octanol–water partition coefficient (Wildman–Crippen LogP) is 3.28. The fourth-order valence-electron chi connectivity index (χ4n) is 3.24. The van der Waals surface area contributed by atoms with E-state index in [1.54, 1.807) is 0 Å². The second-order valence-corrected chi connectivity index (χ2v) is 9.14. The Bertz CT molecular complexity index is 1040. The van der Waals surface area contributed by atoms with Gasteiger partial charge >= 0.3 is 0 Å². The number of nitrogens with one attached hydrogen (secondary N) is 1. The standard InChI is InChI=1S/C20H23N3O6S/c1-14-9-11-22(12-10-14)30(27,28)17-6-3-15(4-7-17)20(24)21-18-8-5-16(23(25)26)13-19(18)29-2/h3-8,13-14H,9-12H2,1-2H3,(H,21,24). The molecule has 9 nitrogen and oxygen atoms in total. The third-order valence-corrected chi connectivity index (χ3v) is 7.05. The maximum atomic E-state index is 12.8. The van der Waals surface area contributed by atoms with Crippen LogP contribution in [0.25, 0.3) is 0 Å². The minimum Gasteiger partial charge on any atom is -0.494 e. The smallest absolute Gasteiger partial charge is 0.273 e. The predicted molar refractivity (Wildman–Crippen MR) is 111 cm³/mol. The monoisotopic (exact) mass is 433 g/mol. The number of nitro groups is 1. The van der Waals surface area contributed by atoms with E-state index in [9.17, 15) is 23.3 Å². The molecule has 1 saturated heterocycles. The van der Waals surface area contributed by atoms with Crippen LogP contribution >= 0.6 is 0 Å². The Hall–Kier alpha value is -2.98. The topological polar surface area (TPSA) is 119 Å². The lowest BCUT2D eigenvalue weighted by Crippen LogP contribution is -2.37. The van der Waals surface area contributed by atoms with Crippen molar-refractivity contribution in [1.29, 1.82) is 0 Å². The molecule has 1 aliphatic rings. The molecule has 1 N–H and O–H groups in total. The van der Waals surface area contributed by atoms with E-state index < -0.39 is 20.9 Å². The lowest BCUT2D eigenvalue weighted by molar-refractivity contribution is -0.384. The Balaban J connectivity index is 1.75. The van der Waals surface area contributed by atoms with Gasteiger partial charge in [-0.3, -0.25) is 14.9 Å². The van der Waals surface area contributed by atoms with E-state index in [0.29, 0.717) is 19.0 Å². The fourth-order valence-corrected chi connectivity index (χ4v) is 4.71. The van der Waals surface area contributed by atoms with E-state index >= 15 is 0 Å². The van der Waals surface area contributed by atoms with Crippen molar-refractivity contribution < 1.29 is 22.9 Å². The minimum atomic E-state index is -3.59. The third-order valence-electron chi connectivity index (χ3n) is 5.14. The number of sulfonamides is 1. The van der Waals surface area contributed by atoms with Crippen LogP contribution in [0.4, 0.5) is 11.4 Å². The van der Waals surface area contributed by atoms with E-state index in [1.807, 2.05) is 0 Å². The second-order valence-electron chi connectivity index (χ2n) is 7.21. The normalized spacial score (nSPS) is 15.5. The molecule has 2 aromatic carbocycles. The highest BCUT2D eigenvalue weighted by Crippen LogP contribution is 2.29. The number of ether oxygens (including phenoxy) is 1. The van der Waals surface area contributed by atoms with E-state index in [-0.39, 0.29) is 27.6 Å². The van der Waals surface area contributed by atoms with Gasteiger partial charge in [0, 0.05) is 24.7 Å². The van der Waals surface area contributed by atoms with Crippen LogP contribution in [-0.4, -0.2) is 43.8 Å². The number of carbonyl (C=O) groups is 1. The van der Waals surface area contributed by atoms with Gasteiger partial charge in [-0.05, 0) is 49.1 Å². The largest absolute Gasteiger partial charge is 0.494 e. The molecule has 0 aliphatic carbocycles. The molecule has 0 unspecified atom stereocenters. The van der Waals surface area contributed by atoms with Crippen LogP contribution in [0.2, 0.25) is 0 Å². The fraction of sp³-hybridized carbons (Fsp3) is 0.350. The lowest BCUT2D eigenvalue weighted by Gasteiger charge is -2.29. The first-order valence-electron chi connectivity index (χ1n) is 9.46. The van der Waals surface area contributed by atoms with Gasteiger partial charge in [-0.25, -0.2) is 8.42 Å². The van der Waals surface area contributed by atoms with Gasteiger partial charge in [0.25, 0.3) is 11.6 Å². The molecule has 0 aromatic heterocycles. The SMILES string of the molecule is COc1cc([N+](=O)[O-])ccc1NC(=O)c1ccc(S(=O)(=O)N2CCC(C)CC2)cc1. The van der Waals surface area contributed by atoms with Crippen molar-refractivity contribution in [2.45, 2.75) is 24.7 Å². The minimum absolute atomic E-state index is 0.140. The van der Waals surface area contributed by atoms with E-state index in [4.69, 9.17) is 4.74 Å². The quantitative estimate of drug-likeness (QED) is 0.552. The van der Waals surface area contributed by atoms with Gasteiger partial charge < -0.3 is 10.1 Å². The van der Waals surface area contributed by atoms with Gasteiger partial charge in [0.15, 0.2) is 0 Å². The number of carbonyl (C=O) groups excluding carboxylic acids is 1. The molecule has 1 fully saturated rings. The molecule has 30 heavy (non-hydrogen) atoms. The number of nitro benzene ring substituents is 1. The van der Waals surface area contributed by atoms with Crippen molar-refractivity contribution in [1.82, 2.24) is 4.31 Å². The first-order valence-corrected chi connectivity index (χ1v) is 10.9. The molecule has 3 rings (SSSR count). The molecule has 0 saturated carbocycles. The Morgan fingerprint density at radius 3 is 2.37 bits per heavy atom. The van der Waals surface area contributed by atoms with E-state index in [0.717, 1.165) is 12.8 Å². The van der Waals surface area contributed by atoms with E-state index in [2.05, 4.69) is 12.2 Å². The summed E-state index contributed by atoms with van der Waals surface area (Å²) in [4.78, 5) is 23.0. The van der Waals surface area contributed by atoms with Crippen molar-refractivity contribution in [2.75, 3.05) is 25.5 Å². The first-order chi connectivity index (χ1) is 14.2. The lowest BCUT2D eigenvalue weighted by atomic mass is 10.0. The van der Waals surface area contributed by atoms with Gasteiger partial charge in [-0.2, -0.15) is 4.31 Å². The van der Waals surface area contributed by atoms with Gasteiger partial charge in [0.05, 0.1) is 28.7 Å². The van der Waals surface area contributed by atoms with Crippen molar-refractivity contribution in [3.63, 3.8) is 0 Å². The zero-order chi connectivity index (χ0) is 21.9. The highest BCUT2D eigenvalue weighted by molar-refractivity contribution is 7.89. The number of anilines is 1. The van der Waals surface area contributed by atoms with Crippen LogP contribution in [0.15, 0.2) is 47.4 Å². The summed E-state index contributed by atoms with van der Waals surface area (Å²) in [5.41, 5.74) is 0.361. The molecule has 0 bridgehead atoms. The highest BCUT2D eigenvalue weighted by atomic mass is 32.2. The Kier molecular flexibility index (Phi) is 6.37. The number of hydrogen-bond donors (Lipinski definition) is 1. The molecule has 0 atom stereocenters. The average molecular weight is 433 g/mol. The van der Waals surface area contributed by atoms with Crippen LogP contribution in [0, 0.1) is 16.0 Å². The zero-order valence-electron chi connectivity index (χ0n) is 16.7. The summed E-state index contributed by atoms with van der Waals surface area (Å²) in [6.07, 6.45) is 1.66. The number of methoxy groups -OCH3 is 1. The van der Waals surface area contributed by atoms with Crippen LogP contribution in [0.5, 0.6) is 5.75 Å². The third kappa shape index (κ3) is 4.60. The van der Waals surface area contributed by atoms with Crippen LogP contribution in [-0.2, 0) is 10.0 Å². The number of rotatable bonds is 6. The molecule has 0 spiro atoms. The molecule has 1 heterocycles. The number of benzene rings is 2. The average Bonchev–Trinajstić information content (AvgIpc) is 2.74. The molecular formula is C20H23N3O6S. The summed E-state index contributed by atoms with van der Waals surface area (Å²) in [6, 6.07) is 9.55. The molecule has 10 heteroatoms. The molecule has 0 radical (unpaired) electrons. The summed E-state index contributed by atoms with van der Waals surface area (Å²) in [7, 11) is -2.25. The Morgan fingerprint density at radius 2 is 1.80 bits per heavy atom. The number of non-ortho nitro benzene ring substituents is 1. The van der Waals surface area contributed by atoms with Gasteiger partial charge in [-0.15, -0.1) is 0 Å². The van der Waals surface area contributed by atoms with Crippen molar-refractivity contribution in [3.8, 4) is 5.75 Å². The van der Waals surface area contributed by atoms with Crippen LogP contribution in [0.1, 0.15) is 30.1 Å². The number of nitrogens with zero attached hydrogens (tertiary/aromatic N) is 2. The summed E-state index contributed by atoms with van der Waals surface area (Å²) in [5.74, 6) is 0.174. The van der Waals surface area contributed by atoms with Crippen molar-refractivity contribution >= 4 is 27.3 Å². The number of amides is 1. The summed E-state index contributed by atoms with van der Waals surface area (Å²) in [6.45, 7) is 3.09. The molecule has 160 valence electrons. The maximum absolute atomic E-state index is 12.8. The van der Waals surface area contributed by atoms with Crippen molar-refractivity contribution in [3.05, 3.63) is 58.1 Å². The van der Waals surface area contributed by atoms with Crippen LogP contribution < -0.4 is 10.1 Å². The molecule has 1 aliphatic heterocycles. The van der Waals surface area contributed by atoms with E-state index in [1.165, 1.54) is 53.9 Å².